The monoisotopic (exact) mass is 542 g/mol. The maximum Gasteiger partial charge on any atom is 0.341 e. The predicted octanol–water partition coefficient (Wildman–Crippen LogP) is 4.87. The minimum absolute atomic E-state index is 0.0121. The van der Waals surface area contributed by atoms with Gasteiger partial charge in [-0.05, 0) is 68.6 Å². The van der Waals surface area contributed by atoms with Crippen LogP contribution >= 0.6 is 0 Å². The minimum atomic E-state index is -1.10. The molecule has 3 aromatic heterocycles. The van der Waals surface area contributed by atoms with Gasteiger partial charge in [0.1, 0.15) is 5.56 Å². The van der Waals surface area contributed by atoms with Crippen molar-refractivity contribution in [2.24, 2.45) is 17.8 Å². The van der Waals surface area contributed by atoms with Gasteiger partial charge in [-0.3, -0.25) is 9.69 Å². The fourth-order valence-corrected chi connectivity index (χ4v) is 5.80. The van der Waals surface area contributed by atoms with Gasteiger partial charge in [0, 0.05) is 55.9 Å². The van der Waals surface area contributed by atoms with E-state index in [0.717, 1.165) is 55.4 Å². The van der Waals surface area contributed by atoms with Crippen LogP contribution in [0.1, 0.15) is 55.8 Å². The van der Waals surface area contributed by atoms with Gasteiger partial charge in [0.2, 0.25) is 5.91 Å². The van der Waals surface area contributed by atoms with Crippen LogP contribution in [0.4, 0.5) is 5.82 Å². The number of fused-ring (bicyclic) bond motifs is 1. The Balaban J connectivity index is 1.31. The number of carbonyl (C=O) groups is 2. The Hall–Kier alpha value is -4.05. The van der Waals surface area contributed by atoms with Crippen molar-refractivity contribution in [1.29, 1.82) is 0 Å². The van der Waals surface area contributed by atoms with Crippen LogP contribution in [0.3, 0.4) is 0 Å². The Kier molecular flexibility index (Phi) is 7.34. The summed E-state index contributed by atoms with van der Waals surface area (Å²) in [7, 11) is 0. The zero-order valence-electron chi connectivity index (χ0n) is 22.6. The molecule has 10 heteroatoms. The number of anilines is 1. The van der Waals surface area contributed by atoms with Crippen LogP contribution in [0.2, 0.25) is 0 Å². The summed E-state index contributed by atoms with van der Waals surface area (Å²) in [6.45, 7) is 3.99. The predicted molar refractivity (Wildman–Crippen MR) is 150 cm³/mol. The molecule has 0 unspecified atom stereocenters. The van der Waals surface area contributed by atoms with Crippen molar-refractivity contribution in [2.45, 2.75) is 45.4 Å². The summed E-state index contributed by atoms with van der Waals surface area (Å²) in [6.07, 6.45) is 10.4. The molecule has 0 spiro atoms. The second-order valence-corrected chi connectivity index (χ2v) is 11.1. The topological polar surface area (TPSA) is 115 Å². The lowest BCUT2D eigenvalue weighted by Gasteiger charge is -2.33. The third kappa shape index (κ3) is 5.36. The van der Waals surface area contributed by atoms with Gasteiger partial charge in [-0.2, -0.15) is 5.10 Å². The minimum Gasteiger partial charge on any atom is -0.477 e. The molecular weight excluding hydrogens is 508 g/mol. The van der Waals surface area contributed by atoms with E-state index in [1.807, 2.05) is 42.6 Å². The molecular formula is C30H34N6O4. The zero-order valence-corrected chi connectivity index (χ0v) is 22.6. The zero-order chi connectivity index (χ0) is 27.6. The number of aromatic carboxylic acids is 1. The smallest absolute Gasteiger partial charge is 0.341 e. The molecule has 1 N–H and O–H groups in total. The molecule has 6 rings (SSSR count). The summed E-state index contributed by atoms with van der Waals surface area (Å²) < 4.78 is 8.81. The highest BCUT2D eigenvalue weighted by molar-refractivity contribution is 6.01. The summed E-state index contributed by atoms with van der Waals surface area (Å²) in [5.41, 5.74) is 3.17. The van der Waals surface area contributed by atoms with Crippen LogP contribution in [0.25, 0.3) is 22.6 Å². The van der Waals surface area contributed by atoms with Crippen LogP contribution in [0.15, 0.2) is 55.0 Å². The fourth-order valence-electron chi connectivity index (χ4n) is 5.80. The molecule has 2 aliphatic rings. The highest BCUT2D eigenvalue weighted by atomic mass is 16.5. The first-order valence-electron chi connectivity index (χ1n) is 14.1. The van der Waals surface area contributed by atoms with Gasteiger partial charge in [-0.15, -0.1) is 5.10 Å². The van der Waals surface area contributed by atoms with Gasteiger partial charge in [-0.1, -0.05) is 19.1 Å². The molecule has 1 aliphatic heterocycles. The van der Waals surface area contributed by atoms with Crippen LogP contribution in [-0.4, -0.2) is 61.1 Å². The molecule has 4 heterocycles. The van der Waals surface area contributed by atoms with Gasteiger partial charge in [0.05, 0.1) is 11.4 Å². The molecule has 0 bridgehead atoms. The molecule has 40 heavy (non-hydrogen) atoms. The molecule has 1 saturated carbocycles. The third-order valence-corrected chi connectivity index (χ3v) is 8.26. The van der Waals surface area contributed by atoms with E-state index in [1.54, 1.807) is 20.3 Å². The van der Waals surface area contributed by atoms with E-state index in [1.165, 1.54) is 6.20 Å². The molecule has 4 aromatic rings. The fraction of sp³-hybridized carbons (Fsp3) is 0.433. The number of hydrogen-bond donors (Lipinski definition) is 1. The molecule has 1 aliphatic carbocycles. The van der Waals surface area contributed by atoms with Gasteiger partial charge < -0.3 is 9.84 Å². The normalized spacial score (nSPS) is 20.0. The Morgan fingerprint density at radius 2 is 1.80 bits per heavy atom. The summed E-state index contributed by atoms with van der Waals surface area (Å²) in [4.78, 5) is 32.3. The number of rotatable bonds is 7. The Labute approximate surface area is 232 Å². The quantitative estimate of drug-likeness (QED) is 0.354. The van der Waals surface area contributed by atoms with Crippen LogP contribution in [0.5, 0.6) is 0 Å². The second-order valence-electron chi connectivity index (χ2n) is 11.1. The first-order valence-corrected chi connectivity index (χ1v) is 14.1. The average Bonchev–Trinajstić information content (AvgIpc) is 3.62. The first kappa shape index (κ1) is 26.2. The van der Waals surface area contributed by atoms with Crippen molar-refractivity contribution in [2.75, 3.05) is 24.7 Å². The summed E-state index contributed by atoms with van der Waals surface area (Å²) in [6, 6.07) is 11.3. The SMILES string of the molecule is C[C@H]1CC[C@H](C(=O)N(CC2CCOCC2)c2nn(-c3ccc(-c4cc5ncccn5n4)cc3)cc2C(=O)O)CC1. The number of carbonyl (C=O) groups excluding carboxylic acids is 1. The lowest BCUT2D eigenvalue weighted by atomic mass is 9.82. The Bertz CT molecular complexity index is 1460. The molecule has 2 fully saturated rings. The Morgan fingerprint density at radius 3 is 2.50 bits per heavy atom. The van der Waals surface area contributed by atoms with E-state index in [-0.39, 0.29) is 29.1 Å². The number of carboxylic acid groups (broad SMARTS) is 1. The number of amides is 1. The number of benzene rings is 1. The highest BCUT2D eigenvalue weighted by Gasteiger charge is 2.34. The number of aromatic nitrogens is 5. The van der Waals surface area contributed by atoms with Crippen molar-refractivity contribution in [3.8, 4) is 16.9 Å². The van der Waals surface area contributed by atoms with Gasteiger partial charge in [-0.25, -0.2) is 19.0 Å². The van der Waals surface area contributed by atoms with Crippen molar-refractivity contribution in [1.82, 2.24) is 24.4 Å². The first-order chi connectivity index (χ1) is 19.5. The van der Waals surface area contributed by atoms with Crippen LogP contribution in [-0.2, 0) is 9.53 Å². The van der Waals surface area contributed by atoms with Gasteiger partial charge in [0.25, 0.3) is 0 Å². The second kappa shape index (κ2) is 11.2. The van der Waals surface area contributed by atoms with E-state index in [4.69, 9.17) is 9.84 Å². The summed E-state index contributed by atoms with van der Waals surface area (Å²) in [5.74, 6) is -0.146. The lowest BCUT2D eigenvalue weighted by molar-refractivity contribution is -0.123. The maximum atomic E-state index is 13.9. The van der Waals surface area contributed by atoms with Crippen LogP contribution < -0.4 is 4.90 Å². The van der Waals surface area contributed by atoms with Crippen molar-refractivity contribution in [3.05, 3.63) is 60.6 Å². The average molecular weight is 543 g/mol. The van der Waals surface area contributed by atoms with E-state index in [0.29, 0.717) is 31.4 Å². The van der Waals surface area contributed by atoms with Crippen molar-refractivity contribution in [3.63, 3.8) is 0 Å². The number of carboxylic acids is 1. The molecule has 10 nitrogen and oxygen atoms in total. The number of ether oxygens (including phenoxy) is 1. The van der Waals surface area contributed by atoms with E-state index < -0.39 is 5.97 Å². The molecule has 1 saturated heterocycles. The van der Waals surface area contributed by atoms with E-state index in [2.05, 4.69) is 17.0 Å². The standard InChI is InChI=1S/C30H34N6O4/c1-20-3-5-23(6-4-20)29(37)34(18-21-11-15-40-16-12-21)28-25(30(38)39)19-36(33-28)24-9-7-22(8-10-24)26-17-27-31-13-2-14-35(27)32-26/h2,7-10,13-14,17,19-21,23H,3-6,11-12,15-16,18H2,1H3,(H,38,39)/t20-,23-. The molecule has 208 valence electrons. The Morgan fingerprint density at radius 1 is 1.05 bits per heavy atom. The molecule has 1 amide bonds. The summed E-state index contributed by atoms with van der Waals surface area (Å²) >= 11 is 0. The lowest BCUT2D eigenvalue weighted by Crippen LogP contribution is -2.42. The van der Waals surface area contributed by atoms with Gasteiger partial charge in [0.15, 0.2) is 11.5 Å². The largest absolute Gasteiger partial charge is 0.477 e. The van der Waals surface area contributed by atoms with E-state index in [9.17, 15) is 14.7 Å². The summed E-state index contributed by atoms with van der Waals surface area (Å²) in [5, 5.41) is 19.4. The van der Waals surface area contributed by atoms with Crippen molar-refractivity contribution >= 4 is 23.3 Å². The third-order valence-electron chi connectivity index (χ3n) is 8.26. The molecule has 0 atom stereocenters. The molecule has 0 radical (unpaired) electrons. The van der Waals surface area contributed by atoms with Crippen molar-refractivity contribution < 1.29 is 19.4 Å². The number of hydrogen-bond acceptors (Lipinski definition) is 6. The van der Waals surface area contributed by atoms with E-state index >= 15 is 0 Å². The van der Waals surface area contributed by atoms with Gasteiger partial charge >= 0.3 is 5.97 Å². The molecule has 1 aromatic carbocycles. The maximum absolute atomic E-state index is 13.9. The highest BCUT2D eigenvalue weighted by Crippen LogP contribution is 2.33. The number of nitrogens with zero attached hydrogens (tertiary/aromatic N) is 6. The van der Waals surface area contributed by atoms with Crippen LogP contribution in [0, 0.1) is 17.8 Å².